The molecule has 1 aromatic heterocycles. The van der Waals surface area contributed by atoms with Crippen LogP contribution in [-0.2, 0) is 4.74 Å². The zero-order chi connectivity index (χ0) is 16.6. The van der Waals surface area contributed by atoms with E-state index < -0.39 is 5.60 Å². The van der Waals surface area contributed by atoms with Crippen molar-refractivity contribution in [2.24, 2.45) is 0 Å². The predicted molar refractivity (Wildman–Crippen MR) is 88.4 cm³/mol. The number of aromatic nitrogens is 2. The Labute approximate surface area is 144 Å². The normalized spacial score (nSPS) is 21.6. The number of halogens is 1. The standard InChI is InChI=1S/C15H20ClN3O3S/c1-15(2)8-19(9-4-6-21-7-5-9)13(20)10-11(16)17-14(23-3)18-12(10)22-15/h9H,4-8H2,1-3H3. The first kappa shape index (κ1) is 16.8. The Bertz CT molecular complexity index is 620. The van der Waals surface area contributed by atoms with Crippen LogP contribution in [0, 0.1) is 0 Å². The summed E-state index contributed by atoms with van der Waals surface area (Å²) in [4.78, 5) is 23.5. The Kier molecular flexibility index (Phi) is 4.71. The predicted octanol–water partition coefficient (Wildman–Crippen LogP) is 2.64. The number of ether oxygens (including phenoxy) is 2. The molecule has 3 heterocycles. The maximum absolute atomic E-state index is 13.1. The molecule has 1 amide bonds. The molecule has 0 spiro atoms. The first-order valence-electron chi connectivity index (χ1n) is 7.60. The summed E-state index contributed by atoms with van der Waals surface area (Å²) in [5, 5.41) is 0.649. The van der Waals surface area contributed by atoms with Gasteiger partial charge < -0.3 is 14.4 Å². The van der Waals surface area contributed by atoms with Gasteiger partial charge in [0, 0.05) is 19.3 Å². The Morgan fingerprint density at radius 3 is 2.65 bits per heavy atom. The van der Waals surface area contributed by atoms with Crippen molar-refractivity contribution in [3.8, 4) is 5.88 Å². The number of hydrogen-bond donors (Lipinski definition) is 0. The zero-order valence-corrected chi connectivity index (χ0v) is 15.0. The second-order valence-electron chi connectivity index (χ2n) is 6.32. The average Bonchev–Trinajstić information content (AvgIpc) is 2.62. The van der Waals surface area contributed by atoms with Crippen molar-refractivity contribution < 1.29 is 14.3 Å². The van der Waals surface area contributed by atoms with Crippen LogP contribution >= 0.6 is 23.4 Å². The lowest BCUT2D eigenvalue weighted by Crippen LogP contribution is -2.49. The number of hydrogen-bond acceptors (Lipinski definition) is 6. The highest BCUT2D eigenvalue weighted by Gasteiger charge is 2.40. The van der Waals surface area contributed by atoms with Crippen molar-refractivity contribution in [3.05, 3.63) is 10.7 Å². The Morgan fingerprint density at radius 2 is 2.00 bits per heavy atom. The van der Waals surface area contributed by atoms with E-state index in [4.69, 9.17) is 21.1 Å². The van der Waals surface area contributed by atoms with Gasteiger partial charge in [-0.25, -0.2) is 4.98 Å². The molecule has 23 heavy (non-hydrogen) atoms. The van der Waals surface area contributed by atoms with Gasteiger partial charge in [0.15, 0.2) is 5.16 Å². The van der Waals surface area contributed by atoms with Crippen LogP contribution in [0.3, 0.4) is 0 Å². The molecular weight excluding hydrogens is 338 g/mol. The van der Waals surface area contributed by atoms with Crippen LogP contribution in [-0.4, -0.2) is 58.4 Å². The topological polar surface area (TPSA) is 64.6 Å². The number of fused-ring (bicyclic) bond motifs is 1. The summed E-state index contributed by atoms with van der Waals surface area (Å²) in [7, 11) is 0. The summed E-state index contributed by atoms with van der Waals surface area (Å²) in [6, 6.07) is 0.126. The van der Waals surface area contributed by atoms with Crippen LogP contribution in [0.1, 0.15) is 37.0 Å². The first-order valence-corrected chi connectivity index (χ1v) is 9.21. The molecule has 3 rings (SSSR count). The summed E-state index contributed by atoms with van der Waals surface area (Å²) >= 11 is 7.64. The third-order valence-electron chi connectivity index (χ3n) is 4.02. The number of amides is 1. The summed E-state index contributed by atoms with van der Waals surface area (Å²) in [5.41, 5.74) is -0.284. The van der Waals surface area contributed by atoms with Gasteiger partial charge in [-0.2, -0.15) is 4.98 Å². The second-order valence-corrected chi connectivity index (χ2v) is 7.45. The molecule has 1 fully saturated rings. The van der Waals surface area contributed by atoms with Gasteiger partial charge in [-0.1, -0.05) is 23.4 Å². The minimum absolute atomic E-state index is 0.126. The maximum atomic E-state index is 13.1. The molecule has 8 heteroatoms. The van der Waals surface area contributed by atoms with E-state index in [0.29, 0.717) is 24.9 Å². The van der Waals surface area contributed by atoms with Crippen LogP contribution in [0.5, 0.6) is 5.88 Å². The number of carbonyl (C=O) groups is 1. The van der Waals surface area contributed by atoms with Crippen molar-refractivity contribution in [1.29, 1.82) is 0 Å². The highest BCUT2D eigenvalue weighted by molar-refractivity contribution is 7.98. The fourth-order valence-electron chi connectivity index (χ4n) is 2.95. The molecule has 6 nitrogen and oxygen atoms in total. The molecule has 1 saturated heterocycles. The Hall–Kier alpha value is -1.05. The van der Waals surface area contributed by atoms with E-state index in [0.717, 1.165) is 12.8 Å². The molecule has 2 aliphatic rings. The highest BCUT2D eigenvalue weighted by Crippen LogP contribution is 2.34. The van der Waals surface area contributed by atoms with Crippen LogP contribution in [0.25, 0.3) is 0 Å². The van der Waals surface area contributed by atoms with Crippen molar-refractivity contribution in [2.45, 2.75) is 43.5 Å². The number of thioether (sulfide) groups is 1. The minimum Gasteiger partial charge on any atom is -0.469 e. The highest BCUT2D eigenvalue weighted by atomic mass is 35.5. The number of carbonyl (C=O) groups excluding carboxylic acids is 1. The molecule has 126 valence electrons. The van der Waals surface area contributed by atoms with Gasteiger partial charge >= 0.3 is 0 Å². The minimum atomic E-state index is -0.549. The smallest absolute Gasteiger partial charge is 0.262 e. The van der Waals surface area contributed by atoms with Gasteiger partial charge in [-0.3, -0.25) is 4.79 Å². The zero-order valence-electron chi connectivity index (χ0n) is 13.5. The van der Waals surface area contributed by atoms with Gasteiger partial charge in [0.2, 0.25) is 5.88 Å². The first-order chi connectivity index (χ1) is 10.9. The summed E-state index contributed by atoms with van der Waals surface area (Å²) < 4.78 is 11.4. The van der Waals surface area contributed by atoms with E-state index in [1.165, 1.54) is 11.8 Å². The molecule has 1 aromatic rings. The van der Waals surface area contributed by atoms with Gasteiger partial charge in [-0.15, -0.1) is 0 Å². The maximum Gasteiger partial charge on any atom is 0.262 e. The average molecular weight is 358 g/mol. The summed E-state index contributed by atoms with van der Waals surface area (Å²) in [6.07, 6.45) is 3.49. The molecule has 0 atom stereocenters. The molecule has 0 aliphatic carbocycles. The largest absolute Gasteiger partial charge is 0.469 e. The van der Waals surface area contributed by atoms with Crippen molar-refractivity contribution in [1.82, 2.24) is 14.9 Å². The van der Waals surface area contributed by atoms with Gasteiger partial charge in [-0.05, 0) is 32.9 Å². The van der Waals surface area contributed by atoms with E-state index in [9.17, 15) is 4.79 Å². The molecule has 0 radical (unpaired) electrons. The van der Waals surface area contributed by atoms with Gasteiger partial charge in [0.25, 0.3) is 5.91 Å². The lowest BCUT2D eigenvalue weighted by atomic mass is 10.0. The lowest BCUT2D eigenvalue weighted by molar-refractivity contribution is 0.00661. The Morgan fingerprint density at radius 1 is 1.30 bits per heavy atom. The van der Waals surface area contributed by atoms with Crippen molar-refractivity contribution in [3.63, 3.8) is 0 Å². The number of rotatable bonds is 2. The third kappa shape index (κ3) is 3.41. The quantitative estimate of drug-likeness (QED) is 0.460. The van der Waals surface area contributed by atoms with Crippen LogP contribution in [0.2, 0.25) is 5.15 Å². The molecule has 0 N–H and O–H groups in total. The van der Waals surface area contributed by atoms with E-state index >= 15 is 0 Å². The van der Waals surface area contributed by atoms with E-state index in [1.807, 2.05) is 25.0 Å². The van der Waals surface area contributed by atoms with Crippen LogP contribution < -0.4 is 4.74 Å². The third-order valence-corrected chi connectivity index (χ3v) is 4.85. The number of nitrogens with zero attached hydrogens (tertiary/aromatic N) is 3. The van der Waals surface area contributed by atoms with Crippen molar-refractivity contribution in [2.75, 3.05) is 26.0 Å². The second kappa shape index (κ2) is 6.45. The lowest BCUT2D eigenvalue weighted by Gasteiger charge is -2.36. The SMILES string of the molecule is CSc1nc(Cl)c2c(n1)OC(C)(C)CN(C1CCOCC1)C2=O. The summed E-state index contributed by atoms with van der Waals surface area (Å²) in [5.74, 6) is 0.119. The van der Waals surface area contributed by atoms with Crippen LogP contribution in [0.4, 0.5) is 0 Å². The fraction of sp³-hybridized carbons (Fsp3) is 0.667. The van der Waals surface area contributed by atoms with E-state index in [-0.39, 0.29) is 28.5 Å². The van der Waals surface area contributed by atoms with E-state index in [1.54, 1.807) is 0 Å². The summed E-state index contributed by atoms with van der Waals surface area (Å²) in [6.45, 7) is 5.72. The molecule has 0 bridgehead atoms. The molecular formula is C15H20ClN3O3S. The monoisotopic (exact) mass is 357 g/mol. The fourth-order valence-corrected chi connectivity index (χ4v) is 3.60. The van der Waals surface area contributed by atoms with Gasteiger partial charge in [0.1, 0.15) is 16.3 Å². The van der Waals surface area contributed by atoms with Crippen LogP contribution in [0.15, 0.2) is 5.16 Å². The Balaban J connectivity index is 2.04. The molecule has 0 saturated carbocycles. The van der Waals surface area contributed by atoms with Gasteiger partial charge in [0.05, 0.1) is 6.54 Å². The molecule has 0 unspecified atom stereocenters. The molecule has 0 aromatic carbocycles. The van der Waals surface area contributed by atoms with E-state index in [2.05, 4.69) is 9.97 Å². The molecule has 2 aliphatic heterocycles. The van der Waals surface area contributed by atoms with Crippen molar-refractivity contribution >= 4 is 29.3 Å².